The number of hydrogen-bond acceptors (Lipinski definition) is 3. The summed E-state index contributed by atoms with van der Waals surface area (Å²) >= 11 is 0. The van der Waals surface area contributed by atoms with Crippen molar-refractivity contribution in [2.45, 2.75) is 25.8 Å². The summed E-state index contributed by atoms with van der Waals surface area (Å²) in [6.07, 6.45) is 1.98. The predicted molar refractivity (Wildman–Crippen MR) is 98.3 cm³/mol. The highest BCUT2D eigenvalue weighted by Crippen LogP contribution is 2.33. The van der Waals surface area contributed by atoms with Crippen molar-refractivity contribution < 1.29 is 14.3 Å². The number of anilines is 1. The zero-order valence-electron chi connectivity index (χ0n) is 14.7. The highest BCUT2D eigenvalue weighted by Gasteiger charge is 2.30. The van der Waals surface area contributed by atoms with E-state index in [9.17, 15) is 4.79 Å². The van der Waals surface area contributed by atoms with E-state index in [0.717, 1.165) is 42.1 Å². The quantitative estimate of drug-likeness (QED) is 0.874. The van der Waals surface area contributed by atoms with Crippen LogP contribution in [0.1, 0.15) is 31.4 Å². The summed E-state index contributed by atoms with van der Waals surface area (Å²) in [4.78, 5) is 14.6. The Balaban J connectivity index is 1.67. The first kappa shape index (κ1) is 17.1. The fraction of sp³-hybridized carbons (Fsp3) is 0.350. The third-order valence-corrected chi connectivity index (χ3v) is 4.43. The highest BCUT2D eigenvalue weighted by molar-refractivity contribution is 5.89. The van der Waals surface area contributed by atoms with Crippen LogP contribution in [0.3, 0.4) is 0 Å². The number of methoxy groups -OCH3 is 1. The minimum absolute atomic E-state index is 0.0672. The molecule has 2 aromatic carbocycles. The highest BCUT2D eigenvalue weighted by atomic mass is 16.5. The summed E-state index contributed by atoms with van der Waals surface area (Å²) in [5.41, 5.74) is 1.91. The van der Waals surface area contributed by atoms with Crippen LogP contribution in [0.5, 0.6) is 11.5 Å². The zero-order valence-corrected chi connectivity index (χ0v) is 14.7. The zero-order chi connectivity index (χ0) is 17.6. The number of amides is 2. The summed E-state index contributed by atoms with van der Waals surface area (Å²) in [5.74, 6) is 1.63. The van der Waals surface area contributed by atoms with Gasteiger partial charge in [-0.15, -0.1) is 0 Å². The number of nitrogens with zero attached hydrogens (tertiary/aromatic N) is 1. The van der Waals surface area contributed by atoms with Gasteiger partial charge < -0.3 is 19.7 Å². The topological polar surface area (TPSA) is 50.8 Å². The summed E-state index contributed by atoms with van der Waals surface area (Å²) in [5, 5.41) is 2.98. The molecular formula is C20H24N2O3. The summed E-state index contributed by atoms with van der Waals surface area (Å²) in [6, 6.07) is 15.4. The van der Waals surface area contributed by atoms with Crippen molar-refractivity contribution in [1.82, 2.24) is 4.90 Å². The molecule has 5 heteroatoms. The minimum atomic E-state index is -0.0672. The van der Waals surface area contributed by atoms with Crippen molar-refractivity contribution in [3.05, 3.63) is 54.1 Å². The van der Waals surface area contributed by atoms with E-state index in [1.807, 2.05) is 60.4 Å². The summed E-state index contributed by atoms with van der Waals surface area (Å²) < 4.78 is 10.6. The number of carbonyl (C=O) groups excluding carboxylic acids is 1. The maximum atomic E-state index is 12.7. The van der Waals surface area contributed by atoms with E-state index in [4.69, 9.17) is 9.47 Å². The van der Waals surface area contributed by atoms with Gasteiger partial charge in [0, 0.05) is 12.2 Å². The fourth-order valence-corrected chi connectivity index (χ4v) is 3.18. The molecule has 1 fully saturated rings. The second-order valence-electron chi connectivity index (χ2n) is 6.01. The molecule has 1 atom stereocenters. The standard InChI is InChI=1S/C20H24N2O3/c1-3-25-18-12-8-16(9-13-18)21-20(23)22-14-4-5-19(22)15-6-10-17(24-2)11-7-15/h6-13,19H,3-5,14H2,1-2H3,(H,21,23). The van der Waals surface area contributed by atoms with Gasteiger partial charge in [0.25, 0.3) is 0 Å². The molecule has 0 aromatic heterocycles. The van der Waals surface area contributed by atoms with Crippen LogP contribution < -0.4 is 14.8 Å². The van der Waals surface area contributed by atoms with Crippen molar-refractivity contribution in [2.24, 2.45) is 0 Å². The molecule has 5 nitrogen and oxygen atoms in total. The Hall–Kier alpha value is -2.69. The Morgan fingerprint density at radius 2 is 1.80 bits per heavy atom. The van der Waals surface area contributed by atoms with E-state index >= 15 is 0 Å². The van der Waals surface area contributed by atoms with Crippen molar-refractivity contribution >= 4 is 11.7 Å². The number of benzene rings is 2. The molecule has 0 saturated carbocycles. The van der Waals surface area contributed by atoms with E-state index in [0.29, 0.717) is 6.61 Å². The smallest absolute Gasteiger partial charge is 0.322 e. The van der Waals surface area contributed by atoms with Crippen LogP contribution in [0.2, 0.25) is 0 Å². The van der Waals surface area contributed by atoms with Crippen LogP contribution >= 0.6 is 0 Å². The normalized spacial score (nSPS) is 16.6. The van der Waals surface area contributed by atoms with E-state index in [1.54, 1.807) is 7.11 Å². The summed E-state index contributed by atoms with van der Waals surface area (Å²) in [7, 11) is 1.65. The van der Waals surface area contributed by atoms with Crippen molar-refractivity contribution in [2.75, 3.05) is 25.6 Å². The Kier molecular flexibility index (Phi) is 5.43. The van der Waals surface area contributed by atoms with Crippen molar-refractivity contribution in [1.29, 1.82) is 0 Å². The van der Waals surface area contributed by atoms with Gasteiger partial charge in [-0.3, -0.25) is 0 Å². The van der Waals surface area contributed by atoms with Crippen LogP contribution in [-0.2, 0) is 0 Å². The van der Waals surface area contributed by atoms with Crippen LogP contribution in [0.15, 0.2) is 48.5 Å². The largest absolute Gasteiger partial charge is 0.497 e. The van der Waals surface area contributed by atoms with E-state index in [2.05, 4.69) is 5.32 Å². The van der Waals surface area contributed by atoms with Gasteiger partial charge >= 0.3 is 6.03 Å². The van der Waals surface area contributed by atoms with Gasteiger partial charge in [-0.1, -0.05) is 12.1 Å². The van der Waals surface area contributed by atoms with E-state index < -0.39 is 0 Å². The first-order valence-electron chi connectivity index (χ1n) is 8.65. The lowest BCUT2D eigenvalue weighted by Crippen LogP contribution is -2.34. The molecule has 0 aliphatic carbocycles. The molecule has 25 heavy (non-hydrogen) atoms. The molecule has 132 valence electrons. The predicted octanol–water partition coefficient (Wildman–Crippen LogP) is 4.46. The molecule has 1 N–H and O–H groups in total. The molecule has 3 rings (SSSR count). The van der Waals surface area contributed by atoms with Gasteiger partial charge in [-0.05, 0) is 61.7 Å². The summed E-state index contributed by atoms with van der Waals surface area (Å²) in [6.45, 7) is 3.34. The second kappa shape index (κ2) is 7.92. The second-order valence-corrected chi connectivity index (χ2v) is 6.01. The lowest BCUT2D eigenvalue weighted by molar-refractivity contribution is 0.207. The van der Waals surface area contributed by atoms with Crippen LogP contribution in [0.4, 0.5) is 10.5 Å². The number of carbonyl (C=O) groups is 1. The molecule has 2 amide bonds. The molecular weight excluding hydrogens is 316 g/mol. The monoisotopic (exact) mass is 340 g/mol. The lowest BCUT2D eigenvalue weighted by Gasteiger charge is -2.25. The molecule has 2 aromatic rings. The maximum Gasteiger partial charge on any atom is 0.322 e. The SMILES string of the molecule is CCOc1ccc(NC(=O)N2CCCC2c2ccc(OC)cc2)cc1. The Bertz CT molecular complexity index is 698. The van der Waals surface area contributed by atoms with Gasteiger partial charge in [-0.25, -0.2) is 4.79 Å². The minimum Gasteiger partial charge on any atom is -0.497 e. The molecule has 1 saturated heterocycles. The first-order valence-corrected chi connectivity index (χ1v) is 8.65. The Morgan fingerprint density at radius 3 is 2.44 bits per heavy atom. The molecule has 1 heterocycles. The fourth-order valence-electron chi connectivity index (χ4n) is 3.18. The number of hydrogen-bond donors (Lipinski definition) is 1. The number of likely N-dealkylation sites (tertiary alicyclic amines) is 1. The maximum absolute atomic E-state index is 12.7. The van der Waals surface area contributed by atoms with Crippen LogP contribution in [0, 0.1) is 0 Å². The first-order chi connectivity index (χ1) is 12.2. The average molecular weight is 340 g/mol. The van der Waals surface area contributed by atoms with Crippen molar-refractivity contribution in [3.8, 4) is 11.5 Å². The van der Waals surface area contributed by atoms with E-state index in [1.165, 1.54) is 0 Å². The number of nitrogens with one attached hydrogen (secondary N) is 1. The average Bonchev–Trinajstić information content (AvgIpc) is 3.13. The molecule has 1 aliphatic heterocycles. The van der Waals surface area contributed by atoms with Gasteiger partial charge in [0.05, 0.1) is 19.8 Å². The van der Waals surface area contributed by atoms with E-state index in [-0.39, 0.29) is 12.1 Å². The number of urea groups is 1. The molecule has 0 radical (unpaired) electrons. The number of rotatable bonds is 5. The molecule has 1 aliphatic rings. The Morgan fingerprint density at radius 1 is 1.12 bits per heavy atom. The molecule has 0 spiro atoms. The molecule has 0 bridgehead atoms. The Labute approximate surface area is 148 Å². The molecule has 1 unspecified atom stereocenters. The van der Waals surface area contributed by atoms with Gasteiger partial charge in [0.15, 0.2) is 0 Å². The third-order valence-electron chi connectivity index (χ3n) is 4.43. The van der Waals surface area contributed by atoms with Gasteiger partial charge in [-0.2, -0.15) is 0 Å². The third kappa shape index (κ3) is 4.05. The van der Waals surface area contributed by atoms with Crippen LogP contribution in [0.25, 0.3) is 0 Å². The number of ether oxygens (including phenoxy) is 2. The van der Waals surface area contributed by atoms with Crippen LogP contribution in [-0.4, -0.2) is 31.2 Å². The van der Waals surface area contributed by atoms with Gasteiger partial charge in [0.1, 0.15) is 11.5 Å². The van der Waals surface area contributed by atoms with Gasteiger partial charge in [0.2, 0.25) is 0 Å². The van der Waals surface area contributed by atoms with Crippen molar-refractivity contribution in [3.63, 3.8) is 0 Å². The lowest BCUT2D eigenvalue weighted by atomic mass is 10.0.